The molecule has 0 radical (unpaired) electrons. The van der Waals surface area contributed by atoms with Crippen molar-refractivity contribution in [2.45, 2.75) is 19.8 Å². The van der Waals surface area contributed by atoms with E-state index in [0.29, 0.717) is 5.92 Å². The van der Waals surface area contributed by atoms with Gasteiger partial charge >= 0.3 is 0 Å². The predicted octanol–water partition coefficient (Wildman–Crippen LogP) is 2.26. The first-order chi connectivity index (χ1) is 8.26. The van der Waals surface area contributed by atoms with Crippen LogP contribution in [-0.2, 0) is 6.42 Å². The molecule has 0 saturated heterocycles. The molecule has 3 heteroatoms. The Bertz CT molecular complexity index is 490. The Morgan fingerprint density at radius 3 is 2.82 bits per heavy atom. The van der Waals surface area contributed by atoms with Crippen LogP contribution in [0.5, 0.6) is 0 Å². The van der Waals surface area contributed by atoms with Gasteiger partial charge in [-0.1, -0.05) is 25.1 Å². The average Bonchev–Trinajstić information content (AvgIpc) is 2.74. The molecule has 0 saturated carbocycles. The zero-order valence-electron chi connectivity index (χ0n) is 10.4. The van der Waals surface area contributed by atoms with Gasteiger partial charge in [-0.15, -0.1) is 0 Å². The minimum absolute atomic E-state index is 0.253. The smallest absolute Gasteiger partial charge is 0.104 e. The van der Waals surface area contributed by atoms with E-state index in [2.05, 4.69) is 19.1 Å². The molecule has 92 valence electrons. The molecule has 0 spiro atoms. The fraction of sp³-hybridized carbons (Fsp3) is 0.429. The van der Waals surface area contributed by atoms with Gasteiger partial charge in [0.25, 0.3) is 0 Å². The molecule has 0 bridgehead atoms. The number of hydrogen-bond donors (Lipinski definition) is 1. The molecule has 0 unspecified atom stereocenters. The van der Waals surface area contributed by atoms with Gasteiger partial charge in [-0.2, -0.15) is 4.73 Å². The monoisotopic (exact) mass is 233 g/mol. The molecule has 1 atom stereocenters. The number of fused-ring (bicyclic) bond motifs is 1. The molecule has 0 aliphatic rings. The topological polar surface area (TPSA) is 34.4 Å². The number of aliphatic hydroxyl groups is 1. The lowest BCUT2D eigenvalue weighted by Crippen LogP contribution is -2.03. The largest absolute Gasteiger partial charge is 0.417 e. The third-order valence-electron chi connectivity index (χ3n) is 3.18. The van der Waals surface area contributed by atoms with E-state index in [1.165, 1.54) is 10.9 Å². The SMILES string of the molecule is COn1cc(CC[C@@H](C)CO)c2ccccc21. The zero-order chi connectivity index (χ0) is 12.3. The second-order valence-electron chi connectivity index (χ2n) is 4.51. The van der Waals surface area contributed by atoms with Crippen molar-refractivity contribution in [2.24, 2.45) is 5.92 Å². The lowest BCUT2D eigenvalue weighted by Gasteiger charge is -2.05. The van der Waals surface area contributed by atoms with Crippen LogP contribution in [0.2, 0.25) is 0 Å². The first-order valence-corrected chi connectivity index (χ1v) is 6.00. The van der Waals surface area contributed by atoms with E-state index in [0.717, 1.165) is 18.4 Å². The highest BCUT2D eigenvalue weighted by molar-refractivity contribution is 5.83. The van der Waals surface area contributed by atoms with Gasteiger partial charge in [0, 0.05) is 18.2 Å². The Kier molecular flexibility index (Phi) is 3.69. The Balaban J connectivity index is 2.28. The quantitative estimate of drug-likeness (QED) is 0.859. The molecule has 1 aromatic heterocycles. The summed E-state index contributed by atoms with van der Waals surface area (Å²) in [6.07, 6.45) is 4.00. The minimum atomic E-state index is 0.253. The van der Waals surface area contributed by atoms with E-state index in [1.807, 2.05) is 18.3 Å². The number of aromatic nitrogens is 1. The summed E-state index contributed by atoms with van der Waals surface area (Å²) in [6.45, 7) is 2.32. The number of benzene rings is 1. The third-order valence-corrected chi connectivity index (χ3v) is 3.18. The van der Waals surface area contributed by atoms with E-state index in [1.54, 1.807) is 11.8 Å². The Morgan fingerprint density at radius 1 is 1.35 bits per heavy atom. The van der Waals surface area contributed by atoms with Crippen LogP contribution in [0.1, 0.15) is 18.9 Å². The van der Waals surface area contributed by atoms with Gasteiger partial charge in [0.2, 0.25) is 0 Å². The molecular formula is C14H19NO2. The van der Waals surface area contributed by atoms with Crippen molar-refractivity contribution in [3.63, 3.8) is 0 Å². The summed E-state index contributed by atoms with van der Waals surface area (Å²) in [5, 5.41) is 10.3. The maximum absolute atomic E-state index is 9.05. The van der Waals surface area contributed by atoms with Crippen molar-refractivity contribution < 1.29 is 9.94 Å². The molecule has 0 aliphatic heterocycles. The maximum Gasteiger partial charge on any atom is 0.104 e. The summed E-state index contributed by atoms with van der Waals surface area (Å²) in [5.74, 6) is 0.347. The van der Waals surface area contributed by atoms with Crippen LogP contribution in [0, 0.1) is 5.92 Å². The van der Waals surface area contributed by atoms with Crippen molar-refractivity contribution in [3.05, 3.63) is 36.0 Å². The molecule has 1 N–H and O–H groups in total. The molecule has 2 rings (SSSR count). The second kappa shape index (κ2) is 5.23. The Hall–Kier alpha value is -1.48. The molecule has 1 heterocycles. The van der Waals surface area contributed by atoms with Gasteiger partial charge < -0.3 is 9.94 Å². The van der Waals surface area contributed by atoms with E-state index in [-0.39, 0.29) is 6.61 Å². The fourth-order valence-corrected chi connectivity index (χ4v) is 2.06. The molecule has 2 aromatic rings. The minimum Gasteiger partial charge on any atom is -0.417 e. The van der Waals surface area contributed by atoms with Gasteiger partial charge in [0.15, 0.2) is 0 Å². The molecule has 3 nitrogen and oxygen atoms in total. The first kappa shape index (κ1) is 12.0. The molecule has 17 heavy (non-hydrogen) atoms. The number of aliphatic hydroxyl groups excluding tert-OH is 1. The molecule has 0 amide bonds. The third kappa shape index (κ3) is 2.44. The van der Waals surface area contributed by atoms with Gasteiger partial charge in [-0.25, -0.2) is 0 Å². The van der Waals surface area contributed by atoms with Crippen LogP contribution >= 0.6 is 0 Å². The number of aryl methyl sites for hydroxylation is 1. The van der Waals surface area contributed by atoms with Gasteiger partial charge in [-0.05, 0) is 30.4 Å². The standard InChI is InChI=1S/C14H19NO2/c1-11(10-16)7-8-12-9-15(17-2)14-6-4-3-5-13(12)14/h3-6,9,11,16H,7-8,10H2,1-2H3/t11-/m1/s1. The van der Waals surface area contributed by atoms with Crippen LogP contribution < -0.4 is 4.84 Å². The van der Waals surface area contributed by atoms with Gasteiger partial charge in [0.1, 0.15) is 7.11 Å². The van der Waals surface area contributed by atoms with Crippen molar-refractivity contribution in [2.75, 3.05) is 13.7 Å². The second-order valence-corrected chi connectivity index (χ2v) is 4.51. The van der Waals surface area contributed by atoms with Crippen LogP contribution in [0.25, 0.3) is 10.9 Å². The first-order valence-electron chi connectivity index (χ1n) is 6.00. The highest BCUT2D eigenvalue weighted by Gasteiger charge is 2.09. The van der Waals surface area contributed by atoms with Crippen molar-refractivity contribution in [1.29, 1.82) is 0 Å². The molecule has 0 aliphatic carbocycles. The highest BCUT2D eigenvalue weighted by atomic mass is 16.6. The van der Waals surface area contributed by atoms with Crippen LogP contribution in [-0.4, -0.2) is 23.6 Å². The average molecular weight is 233 g/mol. The Morgan fingerprint density at radius 2 is 2.12 bits per heavy atom. The maximum atomic E-state index is 9.05. The lowest BCUT2D eigenvalue weighted by molar-refractivity contribution is 0.178. The van der Waals surface area contributed by atoms with Crippen molar-refractivity contribution >= 4 is 10.9 Å². The Labute approximate surface area is 102 Å². The van der Waals surface area contributed by atoms with E-state index < -0.39 is 0 Å². The molecule has 0 fully saturated rings. The summed E-state index contributed by atoms with van der Waals surface area (Å²) in [7, 11) is 1.67. The summed E-state index contributed by atoms with van der Waals surface area (Å²) in [4.78, 5) is 5.31. The summed E-state index contributed by atoms with van der Waals surface area (Å²) < 4.78 is 1.80. The van der Waals surface area contributed by atoms with E-state index >= 15 is 0 Å². The van der Waals surface area contributed by atoms with Crippen LogP contribution in [0.4, 0.5) is 0 Å². The molecule has 1 aromatic carbocycles. The predicted molar refractivity (Wildman–Crippen MR) is 69.0 cm³/mol. The highest BCUT2D eigenvalue weighted by Crippen LogP contribution is 2.22. The fourth-order valence-electron chi connectivity index (χ4n) is 2.06. The van der Waals surface area contributed by atoms with Gasteiger partial charge in [-0.3, -0.25) is 0 Å². The number of hydrogen-bond acceptors (Lipinski definition) is 2. The zero-order valence-corrected chi connectivity index (χ0v) is 10.4. The van der Waals surface area contributed by atoms with Gasteiger partial charge in [0.05, 0.1) is 5.52 Å². The normalized spacial score (nSPS) is 12.9. The molecular weight excluding hydrogens is 214 g/mol. The number of rotatable bonds is 5. The van der Waals surface area contributed by atoms with E-state index in [9.17, 15) is 0 Å². The van der Waals surface area contributed by atoms with Crippen LogP contribution in [0.15, 0.2) is 30.5 Å². The van der Waals surface area contributed by atoms with Crippen LogP contribution in [0.3, 0.4) is 0 Å². The number of nitrogens with zero attached hydrogens (tertiary/aromatic N) is 1. The summed E-state index contributed by atoms with van der Waals surface area (Å²) >= 11 is 0. The summed E-state index contributed by atoms with van der Waals surface area (Å²) in [6, 6.07) is 8.22. The van der Waals surface area contributed by atoms with Crippen molar-refractivity contribution in [3.8, 4) is 0 Å². The lowest BCUT2D eigenvalue weighted by atomic mass is 10.0. The summed E-state index contributed by atoms with van der Waals surface area (Å²) in [5.41, 5.74) is 2.38. The van der Waals surface area contributed by atoms with E-state index in [4.69, 9.17) is 9.94 Å². The number of para-hydroxylation sites is 1. The van der Waals surface area contributed by atoms with Crippen molar-refractivity contribution in [1.82, 2.24) is 4.73 Å².